The Kier molecular flexibility index (Phi) is 7.11. The highest BCUT2D eigenvalue weighted by Gasteiger charge is 2.32. The molecule has 0 aliphatic rings. The fourth-order valence-electron chi connectivity index (χ4n) is 2.62. The van der Waals surface area contributed by atoms with E-state index in [2.05, 4.69) is 60.7 Å². The molecule has 2 aromatic rings. The third-order valence-corrected chi connectivity index (χ3v) is 10.8. The Balaban J connectivity index is 2.13. The maximum Gasteiger partial charge on any atom is 0.368 e. The Morgan fingerprint density at radius 1 is 0.538 bits per heavy atom. The van der Waals surface area contributed by atoms with Gasteiger partial charge in [-0.3, -0.25) is 0 Å². The molecule has 6 heteroatoms. The van der Waals surface area contributed by atoms with Crippen molar-refractivity contribution in [2.75, 3.05) is 28.4 Å². The van der Waals surface area contributed by atoms with Crippen molar-refractivity contribution in [2.24, 2.45) is 0 Å². The van der Waals surface area contributed by atoms with Crippen LogP contribution < -0.4 is 10.4 Å². The zero-order valence-corrected chi connectivity index (χ0v) is 18.4. The van der Waals surface area contributed by atoms with Crippen LogP contribution in [0.2, 0.25) is 13.1 Å². The standard InChI is InChI=1S/C20H28O4Si2/c1-21-25(5,22-2)19-13-9-17(10-14-19)7-8-18-11-15-20(16-12-18)26(6,23-3)24-4/h7-16H,1-6H3. The van der Waals surface area contributed by atoms with E-state index in [1.165, 1.54) is 0 Å². The van der Waals surface area contributed by atoms with Crippen LogP contribution in [0.5, 0.6) is 0 Å². The predicted octanol–water partition coefficient (Wildman–Crippen LogP) is 3.00. The van der Waals surface area contributed by atoms with Gasteiger partial charge in [0.15, 0.2) is 0 Å². The molecule has 0 amide bonds. The van der Waals surface area contributed by atoms with Gasteiger partial charge in [0.1, 0.15) is 0 Å². The first-order valence-electron chi connectivity index (χ1n) is 8.50. The summed E-state index contributed by atoms with van der Waals surface area (Å²) in [5.74, 6) is 0. The van der Waals surface area contributed by atoms with Crippen molar-refractivity contribution in [3.05, 3.63) is 59.7 Å². The molecule has 0 aliphatic heterocycles. The molecule has 2 aromatic carbocycles. The van der Waals surface area contributed by atoms with Gasteiger partial charge in [-0.25, -0.2) is 0 Å². The molecule has 0 spiro atoms. The lowest BCUT2D eigenvalue weighted by Gasteiger charge is -2.23. The highest BCUT2D eigenvalue weighted by molar-refractivity contribution is 6.80. The summed E-state index contributed by atoms with van der Waals surface area (Å²) in [6.07, 6.45) is 4.20. The van der Waals surface area contributed by atoms with Gasteiger partial charge >= 0.3 is 17.1 Å². The number of benzene rings is 2. The second kappa shape index (κ2) is 8.90. The SMILES string of the molecule is CO[Si](C)(OC)c1ccc(C=Cc2ccc([Si](C)(OC)OC)cc2)cc1. The van der Waals surface area contributed by atoms with Crippen molar-refractivity contribution in [3.63, 3.8) is 0 Å². The van der Waals surface area contributed by atoms with E-state index >= 15 is 0 Å². The predicted molar refractivity (Wildman–Crippen MR) is 112 cm³/mol. The summed E-state index contributed by atoms with van der Waals surface area (Å²) in [5, 5.41) is 2.24. The van der Waals surface area contributed by atoms with Crippen LogP contribution in [0, 0.1) is 0 Å². The van der Waals surface area contributed by atoms with Crippen LogP contribution in [0.25, 0.3) is 12.2 Å². The van der Waals surface area contributed by atoms with E-state index in [4.69, 9.17) is 17.7 Å². The summed E-state index contributed by atoms with van der Waals surface area (Å²) in [7, 11) is 2.29. The highest BCUT2D eigenvalue weighted by Crippen LogP contribution is 2.11. The fraction of sp³-hybridized carbons (Fsp3) is 0.300. The second-order valence-electron chi connectivity index (χ2n) is 6.29. The molecule has 0 aliphatic carbocycles. The normalized spacial score (nSPS) is 12.7. The Bertz CT molecular complexity index is 655. The minimum absolute atomic E-state index is 1.12. The molecule has 0 saturated carbocycles. The lowest BCUT2D eigenvalue weighted by molar-refractivity contribution is 0.265. The number of hydrogen-bond acceptors (Lipinski definition) is 4. The van der Waals surface area contributed by atoms with E-state index < -0.39 is 17.1 Å². The van der Waals surface area contributed by atoms with Gasteiger partial charge in [-0.05, 0) is 34.6 Å². The average molecular weight is 389 g/mol. The topological polar surface area (TPSA) is 36.9 Å². The van der Waals surface area contributed by atoms with Gasteiger partial charge in [0.2, 0.25) is 0 Å². The summed E-state index contributed by atoms with van der Waals surface area (Å²) < 4.78 is 22.3. The molecule has 0 fully saturated rings. The Hall–Kier alpha value is -1.55. The summed E-state index contributed by atoms with van der Waals surface area (Å²) in [4.78, 5) is 0. The molecule has 0 atom stereocenters. The molecule has 0 saturated heterocycles. The quantitative estimate of drug-likeness (QED) is 0.515. The van der Waals surface area contributed by atoms with Crippen molar-refractivity contribution < 1.29 is 17.7 Å². The average Bonchev–Trinajstić information content (AvgIpc) is 2.71. The van der Waals surface area contributed by atoms with E-state index in [-0.39, 0.29) is 0 Å². The van der Waals surface area contributed by atoms with Crippen LogP contribution >= 0.6 is 0 Å². The second-order valence-corrected chi connectivity index (χ2v) is 12.9. The summed E-state index contributed by atoms with van der Waals surface area (Å²) >= 11 is 0. The first-order chi connectivity index (χ1) is 12.4. The first-order valence-corrected chi connectivity index (χ1v) is 13.1. The van der Waals surface area contributed by atoms with Crippen LogP contribution in [0.4, 0.5) is 0 Å². The molecular formula is C20H28O4Si2. The minimum atomic E-state index is -2.26. The molecule has 0 unspecified atom stereocenters. The van der Waals surface area contributed by atoms with Crippen molar-refractivity contribution in [3.8, 4) is 0 Å². The van der Waals surface area contributed by atoms with Crippen LogP contribution in [-0.4, -0.2) is 45.6 Å². The zero-order chi connectivity index (χ0) is 19.2. The summed E-state index contributed by atoms with van der Waals surface area (Å²) in [6, 6.07) is 16.7. The van der Waals surface area contributed by atoms with Crippen molar-refractivity contribution in [2.45, 2.75) is 13.1 Å². The maximum absolute atomic E-state index is 5.58. The van der Waals surface area contributed by atoms with Gasteiger partial charge in [0, 0.05) is 28.4 Å². The molecule has 0 heterocycles. The van der Waals surface area contributed by atoms with Crippen LogP contribution in [0.1, 0.15) is 11.1 Å². The van der Waals surface area contributed by atoms with E-state index in [1.807, 2.05) is 13.1 Å². The zero-order valence-electron chi connectivity index (χ0n) is 16.4. The number of hydrogen-bond donors (Lipinski definition) is 0. The summed E-state index contributed by atoms with van der Waals surface area (Å²) in [6.45, 7) is 4.08. The van der Waals surface area contributed by atoms with Gasteiger partial charge < -0.3 is 17.7 Å². The van der Waals surface area contributed by atoms with Crippen molar-refractivity contribution in [1.29, 1.82) is 0 Å². The summed E-state index contributed by atoms with van der Waals surface area (Å²) in [5.41, 5.74) is 2.27. The van der Waals surface area contributed by atoms with Crippen molar-refractivity contribution >= 4 is 39.6 Å². The molecule has 0 bridgehead atoms. The minimum Gasteiger partial charge on any atom is -0.394 e. The van der Waals surface area contributed by atoms with Gasteiger partial charge in [0.05, 0.1) is 0 Å². The first kappa shape index (κ1) is 20.8. The smallest absolute Gasteiger partial charge is 0.368 e. The van der Waals surface area contributed by atoms with Crippen LogP contribution in [-0.2, 0) is 17.7 Å². The molecule has 4 nitrogen and oxygen atoms in total. The van der Waals surface area contributed by atoms with Gasteiger partial charge in [-0.1, -0.05) is 60.7 Å². The lowest BCUT2D eigenvalue weighted by Crippen LogP contribution is -2.49. The molecule has 26 heavy (non-hydrogen) atoms. The van der Waals surface area contributed by atoms with E-state index in [1.54, 1.807) is 28.4 Å². The molecular weight excluding hydrogens is 360 g/mol. The van der Waals surface area contributed by atoms with E-state index in [9.17, 15) is 0 Å². The number of rotatable bonds is 8. The fourth-order valence-corrected chi connectivity index (χ4v) is 5.44. The molecule has 2 rings (SSSR count). The van der Waals surface area contributed by atoms with Gasteiger partial charge in [-0.15, -0.1) is 0 Å². The van der Waals surface area contributed by atoms with Crippen molar-refractivity contribution in [1.82, 2.24) is 0 Å². The molecule has 140 valence electrons. The van der Waals surface area contributed by atoms with E-state index in [0.29, 0.717) is 0 Å². The third-order valence-electron chi connectivity index (χ3n) is 4.90. The van der Waals surface area contributed by atoms with Gasteiger partial charge in [0.25, 0.3) is 0 Å². The molecule has 0 radical (unpaired) electrons. The van der Waals surface area contributed by atoms with E-state index in [0.717, 1.165) is 21.5 Å². The molecule has 0 aromatic heterocycles. The Labute approximate surface area is 158 Å². The highest BCUT2D eigenvalue weighted by atomic mass is 28.4. The largest absolute Gasteiger partial charge is 0.394 e. The Morgan fingerprint density at radius 3 is 1.04 bits per heavy atom. The lowest BCUT2D eigenvalue weighted by atomic mass is 10.1. The third kappa shape index (κ3) is 4.59. The monoisotopic (exact) mass is 388 g/mol. The van der Waals surface area contributed by atoms with Crippen LogP contribution in [0.15, 0.2) is 48.5 Å². The maximum atomic E-state index is 5.58. The molecule has 0 N–H and O–H groups in total. The van der Waals surface area contributed by atoms with Gasteiger partial charge in [-0.2, -0.15) is 0 Å². The van der Waals surface area contributed by atoms with Crippen LogP contribution in [0.3, 0.4) is 0 Å². The Morgan fingerprint density at radius 2 is 0.808 bits per heavy atom.